The van der Waals surface area contributed by atoms with E-state index in [9.17, 15) is 14.3 Å². The second-order valence-electron chi connectivity index (χ2n) is 3.52. The lowest BCUT2D eigenvalue weighted by atomic mass is 10.1. The van der Waals surface area contributed by atoms with Crippen molar-refractivity contribution in [2.75, 3.05) is 0 Å². The van der Waals surface area contributed by atoms with Crippen molar-refractivity contribution < 1.29 is 19.0 Å². The van der Waals surface area contributed by atoms with Crippen LogP contribution in [0.5, 0.6) is 5.75 Å². The van der Waals surface area contributed by atoms with Gasteiger partial charge < -0.3 is 15.6 Å². The first-order valence-corrected chi connectivity index (χ1v) is 4.85. The second kappa shape index (κ2) is 4.94. The topological polar surface area (TPSA) is 72.6 Å². The largest absolute Gasteiger partial charge is 0.481 e. The van der Waals surface area contributed by atoms with E-state index in [-0.39, 0.29) is 11.3 Å². The van der Waals surface area contributed by atoms with E-state index in [4.69, 9.17) is 10.5 Å². The van der Waals surface area contributed by atoms with E-state index in [1.165, 1.54) is 26.0 Å². The minimum atomic E-state index is -0.884. The third kappa shape index (κ3) is 2.93. The van der Waals surface area contributed by atoms with E-state index in [2.05, 4.69) is 0 Å². The summed E-state index contributed by atoms with van der Waals surface area (Å²) in [7, 11) is 0. The zero-order valence-electron chi connectivity index (χ0n) is 9.11. The summed E-state index contributed by atoms with van der Waals surface area (Å²) < 4.78 is 18.2. The first-order chi connectivity index (χ1) is 7.41. The van der Waals surface area contributed by atoms with Gasteiger partial charge in [-0.2, -0.15) is 0 Å². The van der Waals surface area contributed by atoms with Crippen LogP contribution >= 0.6 is 0 Å². The molecule has 4 nitrogen and oxygen atoms in total. The highest BCUT2D eigenvalue weighted by atomic mass is 19.1. The number of nitrogens with two attached hydrogens (primary N) is 1. The summed E-state index contributed by atoms with van der Waals surface area (Å²) >= 11 is 0. The second-order valence-corrected chi connectivity index (χ2v) is 3.52. The summed E-state index contributed by atoms with van der Waals surface area (Å²) in [5.41, 5.74) is 5.32. The van der Waals surface area contributed by atoms with E-state index < -0.39 is 23.9 Å². The number of amides is 1. The minimum Gasteiger partial charge on any atom is -0.481 e. The number of ether oxygens (including phenoxy) is 1. The Hall–Kier alpha value is -1.62. The quantitative estimate of drug-likeness (QED) is 0.809. The number of aliphatic hydroxyl groups is 1. The van der Waals surface area contributed by atoms with Crippen molar-refractivity contribution in [3.63, 3.8) is 0 Å². The fourth-order valence-corrected chi connectivity index (χ4v) is 1.20. The molecule has 2 atom stereocenters. The molecule has 0 fully saturated rings. The van der Waals surface area contributed by atoms with Gasteiger partial charge in [0.25, 0.3) is 5.91 Å². The van der Waals surface area contributed by atoms with Crippen LogP contribution in [0.4, 0.5) is 4.39 Å². The van der Waals surface area contributed by atoms with Crippen molar-refractivity contribution in [2.45, 2.75) is 26.1 Å². The number of benzene rings is 1. The molecule has 0 aromatic heterocycles. The van der Waals surface area contributed by atoms with Gasteiger partial charge in [0, 0.05) is 5.56 Å². The number of hydrogen-bond acceptors (Lipinski definition) is 3. The molecule has 0 radical (unpaired) electrons. The normalized spacial score (nSPS) is 14.2. The summed E-state index contributed by atoms with van der Waals surface area (Å²) in [5.74, 6) is -0.849. The molecule has 0 saturated heterocycles. The van der Waals surface area contributed by atoms with Crippen molar-refractivity contribution in [1.82, 2.24) is 0 Å². The van der Waals surface area contributed by atoms with Crippen LogP contribution in [-0.2, 0) is 4.79 Å². The lowest BCUT2D eigenvalue weighted by Gasteiger charge is -2.16. The van der Waals surface area contributed by atoms with Crippen LogP contribution in [0.15, 0.2) is 18.2 Å². The average molecular weight is 227 g/mol. The highest BCUT2D eigenvalue weighted by Crippen LogP contribution is 2.26. The predicted molar refractivity (Wildman–Crippen MR) is 56.3 cm³/mol. The van der Waals surface area contributed by atoms with Gasteiger partial charge >= 0.3 is 0 Å². The molecule has 0 saturated carbocycles. The van der Waals surface area contributed by atoms with Crippen molar-refractivity contribution in [2.24, 2.45) is 5.73 Å². The van der Waals surface area contributed by atoms with E-state index in [1.807, 2.05) is 0 Å². The summed E-state index contributed by atoms with van der Waals surface area (Å²) in [5, 5.41) is 9.42. The summed E-state index contributed by atoms with van der Waals surface area (Å²) in [6.07, 6.45) is -1.71. The van der Waals surface area contributed by atoms with Gasteiger partial charge in [-0.25, -0.2) is 4.39 Å². The van der Waals surface area contributed by atoms with Gasteiger partial charge in [0.1, 0.15) is 11.6 Å². The maximum absolute atomic E-state index is 12.9. The molecule has 1 aromatic rings. The molecule has 0 bridgehead atoms. The Morgan fingerprint density at radius 1 is 1.50 bits per heavy atom. The number of carbonyl (C=O) groups excluding carboxylic acids is 1. The van der Waals surface area contributed by atoms with Crippen LogP contribution in [-0.4, -0.2) is 17.1 Å². The molecule has 1 unspecified atom stereocenters. The molecule has 0 aliphatic carbocycles. The summed E-state index contributed by atoms with van der Waals surface area (Å²) in [6, 6.07) is 3.71. The van der Waals surface area contributed by atoms with E-state index in [0.717, 1.165) is 6.07 Å². The van der Waals surface area contributed by atoms with E-state index in [1.54, 1.807) is 0 Å². The Morgan fingerprint density at radius 3 is 2.62 bits per heavy atom. The van der Waals surface area contributed by atoms with Gasteiger partial charge in [-0.1, -0.05) is 0 Å². The number of primary amides is 1. The zero-order chi connectivity index (χ0) is 12.3. The van der Waals surface area contributed by atoms with Crippen LogP contribution in [0, 0.1) is 5.82 Å². The lowest BCUT2D eigenvalue weighted by molar-refractivity contribution is -0.124. The van der Waals surface area contributed by atoms with Gasteiger partial charge in [-0.15, -0.1) is 0 Å². The van der Waals surface area contributed by atoms with Crippen molar-refractivity contribution in [3.05, 3.63) is 29.6 Å². The smallest absolute Gasteiger partial charge is 0.258 e. The molecular formula is C11H14FNO3. The molecule has 16 heavy (non-hydrogen) atoms. The van der Waals surface area contributed by atoms with Crippen LogP contribution < -0.4 is 10.5 Å². The summed E-state index contributed by atoms with van der Waals surface area (Å²) in [4.78, 5) is 10.8. The van der Waals surface area contributed by atoms with Crippen LogP contribution in [0.1, 0.15) is 25.5 Å². The van der Waals surface area contributed by atoms with Crippen molar-refractivity contribution in [3.8, 4) is 5.75 Å². The third-order valence-corrected chi connectivity index (χ3v) is 2.13. The number of aliphatic hydroxyl groups excluding tert-OH is 1. The fraction of sp³-hybridized carbons (Fsp3) is 0.364. The molecule has 0 aliphatic rings. The monoisotopic (exact) mass is 227 g/mol. The number of carbonyl (C=O) groups is 1. The van der Waals surface area contributed by atoms with Gasteiger partial charge in [-0.05, 0) is 32.0 Å². The molecule has 1 rings (SSSR count). The molecule has 1 amide bonds. The SMILES string of the molecule is CC(Oc1ccc(F)cc1[C@@H](C)O)C(N)=O. The Morgan fingerprint density at radius 2 is 2.12 bits per heavy atom. The van der Waals surface area contributed by atoms with Crippen molar-refractivity contribution >= 4 is 5.91 Å². The highest BCUT2D eigenvalue weighted by Gasteiger charge is 2.15. The van der Waals surface area contributed by atoms with Crippen LogP contribution in [0.25, 0.3) is 0 Å². The van der Waals surface area contributed by atoms with E-state index in [0.29, 0.717) is 0 Å². The molecule has 0 aliphatic heterocycles. The van der Waals surface area contributed by atoms with Gasteiger partial charge in [0.15, 0.2) is 6.10 Å². The first kappa shape index (κ1) is 12.4. The molecule has 0 heterocycles. The standard InChI is InChI=1S/C11H14FNO3/c1-6(14)9-5-8(12)3-4-10(9)16-7(2)11(13)15/h3-7,14H,1-2H3,(H2,13,15)/t6-,7?/m1/s1. The lowest BCUT2D eigenvalue weighted by Crippen LogP contribution is -2.31. The predicted octanol–water partition coefficient (Wildman–Crippen LogP) is 1.13. The Balaban J connectivity index is 2.99. The molecule has 1 aromatic carbocycles. The number of hydrogen-bond donors (Lipinski definition) is 2. The fourth-order valence-electron chi connectivity index (χ4n) is 1.20. The minimum absolute atomic E-state index is 0.253. The average Bonchev–Trinajstić information content (AvgIpc) is 2.20. The van der Waals surface area contributed by atoms with Crippen LogP contribution in [0.2, 0.25) is 0 Å². The zero-order valence-corrected chi connectivity index (χ0v) is 9.11. The highest BCUT2D eigenvalue weighted by molar-refractivity contribution is 5.78. The Bertz CT molecular complexity index is 393. The molecule has 3 N–H and O–H groups in total. The third-order valence-electron chi connectivity index (χ3n) is 2.13. The Labute approximate surface area is 92.8 Å². The molecule has 88 valence electrons. The first-order valence-electron chi connectivity index (χ1n) is 4.85. The van der Waals surface area contributed by atoms with Gasteiger partial charge in [0.2, 0.25) is 0 Å². The maximum atomic E-state index is 12.9. The number of rotatable bonds is 4. The molecule has 0 spiro atoms. The van der Waals surface area contributed by atoms with Crippen molar-refractivity contribution in [1.29, 1.82) is 0 Å². The van der Waals surface area contributed by atoms with Gasteiger partial charge in [0.05, 0.1) is 6.10 Å². The van der Waals surface area contributed by atoms with E-state index >= 15 is 0 Å². The summed E-state index contributed by atoms with van der Waals surface area (Å²) in [6.45, 7) is 2.97. The Kier molecular flexibility index (Phi) is 3.84. The van der Waals surface area contributed by atoms with Crippen LogP contribution in [0.3, 0.4) is 0 Å². The molecular weight excluding hydrogens is 213 g/mol. The number of halogens is 1. The van der Waals surface area contributed by atoms with Gasteiger partial charge in [-0.3, -0.25) is 4.79 Å². The maximum Gasteiger partial charge on any atom is 0.258 e. The molecule has 5 heteroatoms.